The number of rotatable bonds is 2. The van der Waals surface area contributed by atoms with Gasteiger partial charge in [0.15, 0.2) is 0 Å². The molecule has 1 amide bonds. The zero-order valence-electron chi connectivity index (χ0n) is 15.1. The van der Waals surface area contributed by atoms with Crippen molar-refractivity contribution in [1.82, 2.24) is 10.1 Å². The molecule has 6 nitrogen and oxygen atoms in total. The van der Waals surface area contributed by atoms with E-state index in [1.54, 1.807) is 0 Å². The monoisotopic (exact) mass is 406 g/mol. The van der Waals surface area contributed by atoms with Crippen molar-refractivity contribution in [2.24, 2.45) is 0 Å². The van der Waals surface area contributed by atoms with Gasteiger partial charge in [-0.1, -0.05) is 19.0 Å². The largest absolute Gasteiger partial charge is 0.452 e. The first-order chi connectivity index (χ1) is 12.7. The van der Waals surface area contributed by atoms with Gasteiger partial charge in [0.1, 0.15) is 5.69 Å². The van der Waals surface area contributed by atoms with Crippen molar-refractivity contribution in [2.75, 3.05) is 13.1 Å². The second-order valence-corrected chi connectivity index (χ2v) is 6.91. The molecule has 27 heavy (non-hydrogen) atoms. The molecule has 0 bridgehead atoms. The van der Waals surface area contributed by atoms with Crippen molar-refractivity contribution < 1.29 is 32.7 Å². The third kappa shape index (κ3) is 4.50. The zero-order valence-corrected chi connectivity index (χ0v) is 15.9. The maximum absolute atomic E-state index is 12.8. The molecule has 0 spiro atoms. The number of halogens is 3. The van der Waals surface area contributed by atoms with Gasteiger partial charge in [0.2, 0.25) is 5.76 Å². The van der Waals surface area contributed by atoms with Gasteiger partial charge in [-0.05, 0) is 25.5 Å². The summed E-state index contributed by atoms with van der Waals surface area (Å²) in [6.45, 7) is 5.57. The summed E-state index contributed by atoms with van der Waals surface area (Å²) < 4.78 is 42.8. The van der Waals surface area contributed by atoms with E-state index in [0.717, 1.165) is 11.3 Å². The Morgan fingerprint density at radius 3 is 2.52 bits per heavy atom. The Kier molecular flexibility index (Phi) is 6.66. The van der Waals surface area contributed by atoms with Crippen LogP contribution in [-0.4, -0.2) is 51.5 Å². The summed E-state index contributed by atoms with van der Waals surface area (Å²) in [4.78, 5) is 14.6. The molecule has 1 fully saturated rings. The van der Waals surface area contributed by atoms with E-state index in [0.29, 0.717) is 16.3 Å². The number of amides is 1. The highest BCUT2D eigenvalue weighted by molar-refractivity contribution is 7.17. The SMILES string of the molecule is CC.Cc1c(-c2ccc(C(=O)N3CC[C@H](O)C(O)C3)s2)noc1C(F)(F)F. The van der Waals surface area contributed by atoms with E-state index in [-0.39, 0.29) is 30.1 Å². The van der Waals surface area contributed by atoms with E-state index < -0.39 is 24.1 Å². The molecule has 0 aliphatic carbocycles. The van der Waals surface area contributed by atoms with Crippen LogP contribution in [0, 0.1) is 6.92 Å². The third-order valence-electron chi connectivity index (χ3n) is 4.07. The number of aliphatic hydroxyl groups excluding tert-OH is 2. The lowest BCUT2D eigenvalue weighted by Crippen LogP contribution is -2.48. The molecule has 2 aromatic rings. The Labute approximate surface area is 158 Å². The number of hydrogen-bond acceptors (Lipinski definition) is 6. The molecule has 3 rings (SSSR count). The van der Waals surface area contributed by atoms with E-state index in [1.165, 1.54) is 24.0 Å². The number of piperidine rings is 1. The van der Waals surface area contributed by atoms with E-state index in [4.69, 9.17) is 0 Å². The minimum Gasteiger partial charge on any atom is -0.390 e. The van der Waals surface area contributed by atoms with Crippen LogP contribution in [0.1, 0.15) is 41.3 Å². The molecule has 10 heteroatoms. The van der Waals surface area contributed by atoms with Gasteiger partial charge in [0.05, 0.1) is 22.0 Å². The fraction of sp³-hybridized carbons (Fsp3) is 0.529. The second kappa shape index (κ2) is 8.41. The Morgan fingerprint density at radius 2 is 1.96 bits per heavy atom. The number of likely N-dealkylation sites (tertiary alicyclic amines) is 1. The Balaban J connectivity index is 0.00000126. The van der Waals surface area contributed by atoms with E-state index >= 15 is 0 Å². The van der Waals surface area contributed by atoms with Crippen LogP contribution in [0.2, 0.25) is 0 Å². The van der Waals surface area contributed by atoms with Crippen molar-refractivity contribution >= 4 is 17.2 Å². The molecule has 3 heterocycles. The third-order valence-corrected chi connectivity index (χ3v) is 5.15. The van der Waals surface area contributed by atoms with Crippen LogP contribution >= 0.6 is 11.3 Å². The van der Waals surface area contributed by atoms with Crippen LogP contribution in [0.4, 0.5) is 13.2 Å². The predicted molar refractivity (Wildman–Crippen MR) is 93.4 cm³/mol. The highest BCUT2D eigenvalue weighted by atomic mass is 32.1. The van der Waals surface area contributed by atoms with Crippen LogP contribution in [0.3, 0.4) is 0 Å². The number of alkyl halides is 3. The van der Waals surface area contributed by atoms with Gasteiger partial charge < -0.3 is 19.6 Å². The standard InChI is InChI=1S/C15H15F3N2O4S.C2H6/c1-7-12(19-24-13(7)15(16,17)18)10-2-3-11(25-10)14(23)20-5-4-8(21)9(22)6-20;1-2/h2-3,8-9,21-22H,4-6H2,1H3;1-2H3/t8-,9?;/m0./s1. The van der Waals surface area contributed by atoms with E-state index in [9.17, 15) is 28.2 Å². The van der Waals surface area contributed by atoms with Crippen LogP contribution in [-0.2, 0) is 6.18 Å². The first-order valence-electron chi connectivity index (χ1n) is 8.47. The van der Waals surface area contributed by atoms with Gasteiger partial charge in [-0.3, -0.25) is 4.79 Å². The summed E-state index contributed by atoms with van der Waals surface area (Å²) in [6, 6.07) is 3.01. The predicted octanol–water partition coefficient (Wildman–Crippen LogP) is 3.32. The Bertz CT molecular complexity index is 787. The highest BCUT2D eigenvalue weighted by Crippen LogP contribution is 2.38. The fourth-order valence-electron chi connectivity index (χ4n) is 2.67. The van der Waals surface area contributed by atoms with E-state index in [1.807, 2.05) is 13.8 Å². The van der Waals surface area contributed by atoms with Crippen LogP contribution in [0.5, 0.6) is 0 Å². The lowest BCUT2D eigenvalue weighted by molar-refractivity contribution is -0.156. The number of hydrogen-bond donors (Lipinski definition) is 2. The van der Waals surface area contributed by atoms with Crippen molar-refractivity contribution in [3.63, 3.8) is 0 Å². The quantitative estimate of drug-likeness (QED) is 0.799. The molecule has 0 saturated carbocycles. The van der Waals surface area contributed by atoms with Gasteiger partial charge >= 0.3 is 6.18 Å². The molecular formula is C17H21F3N2O4S. The topological polar surface area (TPSA) is 86.8 Å². The molecular weight excluding hydrogens is 385 g/mol. The molecule has 0 aromatic carbocycles. The van der Waals surface area contributed by atoms with Crippen molar-refractivity contribution in [2.45, 2.75) is 45.6 Å². The van der Waals surface area contributed by atoms with Gasteiger partial charge in [-0.15, -0.1) is 11.3 Å². The molecule has 2 atom stereocenters. The minimum absolute atomic E-state index is 0.00838. The molecule has 0 radical (unpaired) electrons. The second-order valence-electron chi connectivity index (χ2n) is 5.82. The smallest absolute Gasteiger partial charge is 0.390 e. The van der Waals surface area contributed by atoms with Gasteiger partial charge in [-0.2, -0.15) is 13.2 Å². The number of aliphatic hydroxyl groups is 2. The molecule has 2 N–H and O–H groups in total. The molecule has 1 aliphatic heterocycles. The van der Waals surface area contributed by atoms with Gasteiger partial charge in [0.25, 0.3) is 5.91 Å². The maximum atomic E-state index is 12.8. The van der Waals surface area contributed by atoms with Gasteiger partial charge in [0, 0.05) is 18.7 Å². The number of β-amino-alcohol motifs (C(OH)–C–C–N with tert-alkyl or cyclic N) is 1. The molecule has 1 saturated heterocycles. The summed E-state index contributed by atoms with van der Waals surface area (Å²) >= 11 is 1.00. The average molecular weight is 406 g/mol. The summed E-state index contributed by atoms with van der Waals surface area (Å²) in [5.74, 6) is -1.50. The lowest BCUT2D eigenvalue weighted by atomic mass is 10.1. The van der Waals surface area contributed by atoms with E-state index in [2.05, 4.69) is 9.68 Å². The number of carbonyl (C=O) groups is 1. The Morgan fingerprint density at radius 1 is 1.30 bits per heavy atom. The van der Waals surface area contributed by atoms with Crippen LogP contribution in [0.15, 0.2) is 16.7 Å². The van der Waals surface area contributed by atoms with Crippen molar-refractivity contribution in [3.05, 3.63) is 28.3 Å². The van der Waals surface area contributed by atoms with Crippen LogP contribution < -0.4 is 0 Å². The average Bonchev–Trinajstić information content (AvgIpc) is 3.24. The maximum Gasteiger partial charge on any atom is 0.452 e. The van der Waals surface area contributed by atoms with Crippen molar-refractivity contribution in [3.8, 4) is 10.6 Å². The molecule has 1 unspecified atom stereocenters. The summed E-state index contributed by atoms with van der Waals surface area (Å²) in [5.41, 5.74) is -0.0876. The fourth-order valence-corrected chi connectivity index (χ4v) is 3.68. The Hall–Kier alpha value is -1.91. The summed E-state index contributed by atoms with van der Waals surface area (Å²) in [5, 5.41) is 22.7. The molecule has 1 aliphatic rings. The first-order valence-corrected chi connectivity index (χ1v) is 9.29. The van der Waals surface area contributed by atoms with Gasteiger partial charge in [-0.25, -0.2) is 0 Å². The summed E-state index contributed by atoms with van der Waals surface area (Å²) in [7, 11) is 0. The normalized spacial score (nSPS) is 20.2. The highest BCUT2D eigenvalue weighted by Gasteiger charge is 2.39. The number of thiophene rings is 1. The summed E-state index contributed by atoms with van der Waals surface area (Å²) in [6.07, 6.45) is -6.23. The van der Waals surface area contributed by atoms with Crippen molar-refractivity contribution in [1.29, 1.82) is 0 Å². The molecule has 2 aromatic heterocycles. The molecule has 150 valence electrons. The van der Waals surface area contributed by atoms with Crippen LogP contribution in [0.25, 0.3) is 10.6 Å². The lowest BCUT2D eigenvalue weighted by Gasteiger charge is -2.33. The zero-order chi connectivity index (χ0) is 20.4. The number of nitrogens with zero attached hydrogens (tertiary/aromatic N) is 2. The minimum atomic E-state index is -4.63. The first kappa shape index (κ1) is 21.4. The number of aromatic nitrogens is 1. The number of carbonyl (C=O) groups excluding carboxylic acids is 1.